The van der Waals surface area contributed by atoms with Crippen molar-refractivity contribution in [2.75, 3.05) is 9.80 Å². The summed E-state index contributed by atoms with van der Waals surface area (Å²) in [4.78, 5) is 4.53. The van der Waals surface area contributed by atoms with E-state index in [4.69, 9.17) is 9.47 Å². The monoisotopic (exact) mass is 957 g/mol. The van der Waals surface area contributed by atoms with Gasteiger partial charge in [-0.05, 0) is 157 Å². The number of nitriles is 1. The van der Waals surface area contributed by atoms with E-state index in [0.717, 1.165) is 111 Å². The van der Waals surface area contributed by atoms with Gasteiger partial charge in [0, 0.05) is 51.7 Å². The van der Waals surface area contributed by atoms with Gasteiger partial charge in [-0.1, -0.05) is 164 Å². The molecular formula is C69H44BN3O2. The third-order valence-electron chi connectivity index (χ3n) is 14.7. The first-order valence-corrected chi connectivity index (χ1v) is 25.3. The predicted molar refractivity (Wildman–Crippen MR) is 310 cm³/mol. The Labute approximate surface area is 436 Å². The van der Waals surface area contributed by atoms with Crippen molar-refractivity contribution in [3.05, 3.63) is 272 Å². The van der Waals surface area contributed by atoms with Gasteiger partial charge in [-0.3, -0.25) is 0 Å². The van der Waals surface area contributed by atoms with Crippen molar-refractivity contribution >= 4 is 78.8 Å². The molecule has 0 spiro atoms. The van der Waals surface area contributed by atoms with E-state index in [2.05, 4.69) is 246 Å². The zero-order valence-electron chi connectivity index (χ0n) is 40.6. The molecule has 12 aromatic rings. The van der Waals surface area contributed by atoms with Crippen molar-refractivity contribution in [3.63, 3.8) is 0 Å². The predicted octanol–water partition coefficient (Wildman–Crippen LogP) is 16.5. The first kappa shape index (κ1) is 43.7. The van der Waals surface area contributed by atoms with Crippen molar-refractivity contribution in [3.8, 4) is 62.4 Å². The highest BCUT2D eigenvalue weighted by Gasteiger charge is 2.41. The standard InChI is InChI=1S/C69H44BN3O2/c71-45-46-38-48(40-50(39-46)68-59-32-18-16-30-57(59)67(47-20-6-1-7-21-47)58-31-17-19-33-60(58)68)49-41-65-69-66(42-49)75-64-44-56(73(53-26-12-4-13-27-53)54-28-14-5-15-29-54)35-37-62(64)70(69)61-36-34-55(43-63(61)74-65)72(51-22-8-2-9-23-51)52-24-10-3-11-25-52/h1-44H. The van der Waals surface area contributed by atoms with Crippen LogP contribution in [0.1, 0.15) is 5.56 Å². The van der Waals surface area contributed by atoms with Gasteiger partial charge in [0.25, 0.3) is 6.71 Å². The van der Waals surface area contributed by atoms with E-state index < -0.39 is 0 Å². The molecule has 0 unspecified atom stereocenters. The van der Waals surface area contributed by atoms with Crippen molar-refractivity contribution in [2.24, 2.45) is 0 Å². The fraction of sp³-hybridized carbons (Fsp3) is 0. The van der Waals surface area contributed by atoms with Gasteiger partial charge in [0.2, 0.25) is 0 Å². The molecule has 0 bridgehead atoms. The van der Waals surface area contributed by atoms with Gasteiger partial charge in [0.05, 0.1) is 11.6 Å². The maximum Gasteiger partial charge on any atom is 0.260 e. The topological polar surface area (TPSA) is 48.7 Å². The second kappa shape index (κ2) is 18.2. The molecule has 0 aromatic heterocycles. The number of rotatable bonds is 9. The average Bonchev–Trinajstić information content (AvgIpc) is 3.51. The first-order valence-electron chi connectivity index (χ1n) is 25.3. The normalized spacial score (nSPS) is 11.9. The van der Waals surface area contributed by atoms with Crippen LogP contribution in [0.3, 0.4) is 0 Å². The summed E-state index contributed by atoms with van der Waals surface area (Å²) in [6.45, 7) is -0.203. The number of benzene rings is 12. The van der Waals surface area contributed by atoms with Gasteiger partial charge in [0.15, 0.2) is 0 Å². The van der Waals surface area contributed by atoms with Gasteiger partial charge in [-0.15, -0.1) is 0 Å². The number of anilines is 6. The highest BCUT2D eigenvalue weighted by Crippen LogP contribution is 2.47. The molecule has 0 fully saturated rings. The number of para-hydroxylation sites is 4. The molecule has 12 aromatic carbocycles. The Hall–Kier alpha value is -10.1. The van der Waals surface area contributed by atoms with Crippen molar-refractivity contribution in [1.82, 2.24) is 0 Å². The maximum absolute atomic E-state index is 10.8. The average molecular weight is 958 g/mol. The Kier molecular flexibility index (Phi) is 10.6. The molecule has 2 heterocycles. The largest absolute Gasteiger partial charge is 0.458 e. The highest BCUT2D eigenvalue weighted by atomic mass is 16.5. The van der Waals surface area contributed by atoms with Gasteiger partial charge >= 0.3 is 0 Å². The van der Waals surface area contributed by atoms with Gasteiger partial charge < -0.3 is 19.3 Å². The van der Waals surface area contributed by atoms with Crippen LogP contribution in [0.25, 0.3) is 54.9 Å². The molecule has 6 heteroatoms. The fourth-order valence-electron chi connectivity index (χ4n) is 11.5. The van der Waals surface area contributed by atoms with E-state index >= 15 is 0 Å². The third kappa shape index (κ3) is 7.57. The zero-order chi connectivity index (χ0) is 49.8. The van der Waals surface area contributed by atoms with Crippen molar-refractivity contribution < 1.29 is 9.47 Å². The molecule has 0 saturated carbocycles. The Balaban J connectivity index is 0.966. The summed E-state index contributed by atoms with van der Waals surface area (Å²) in [5, 5.41) is 15.4. The van der Waals surface area contributed by atoms with E-state index in [1.54, 1.807) is 0 Å². The smallest absolute Gasteiger partial charge is 0.260 e. The van der Waals surface area contributed by atoms with Crippen LogP contribution in [0.5, 0.6) is 23.0 Å². The summed E-state index contributed by atoms with van der Waals surface area (Å²) in [7, 11) is 0. The number of ether oxygens (including phenoxy) is 2. The van der Waals surface area contributed by atoms with Gasteiger partial charge in [-0.2, -0.15) is 5.26 Å². The molecule has 14 rings (SSSR count). The van der Waals surface area contributed by atoms with Crippen LogP contribution < -0.4 is 35.7 Å². The van der Waals surface area contributed by atoms with Crippen molar-refractivity contribution in [2.45, 2.75) is 0 Å². The maximum atomic E-state index is 10.8. The third-order valence-corrected chi connectivity index (χ3v) is 14.7. The SMILES string of the molecule is N#Cc1cc(-c2cc3c4c(c2)Oc2cc(N(c5ccccc5)c5ccccc5)ccc2B4c2ccc(N(c4ccccc4)c4ccccc4)cc2O3)cc(-c2c3ccccc3c(-c3ccccc3)c3ccccc23)c1. The second-order valence-corrected chi connectivity index (χ2v) is 19.1. The van der Waals surface area contributed by atoms with Crippen LogP contribution in [0, 0.1) is 11.3 Å². The molecular weight excluding hydrogens is 914 g/mol. The zero-order valence-corrected chi connectivity index (χ0v) is 40.6. The van der Waals surface area contributed by atoms with Crippen LogP contribution >= 0.6 is 0 Å². The minimum Gasteiger partial charge on any atom is -0.458 e. The molecule has 350 valence electrons. The fourth-order valence-corrected chi connectivity index (χ4v) is 11.5. The van der Waals surface area contributed by atoms with Crippen LogP contribution in [0.2, 0.25) is 0 Å². The molecule has 0 radical (unpaired) electrons. The quantitative estimate of drug-likeness (QED) is 0.107. The number of hydrogen-bond donors (Lipinski definition) is 0. The second-order valence-electron chi connectivity index (χ2n) is 19.1. The van der Waals surface area contributed by atoms with E-state index in [9.17, 15) is 5.26 Å². The molecule has 2 aliphatic heterocycles. The Morgan fingerprint density at radius 2 is 0.667 bits per heavy atom. The molecule has 0 N–H and O–H groups in total. The lowest BCUT2D eigenvalue weighted by Gasteiger charge is -2.35. The summed E-state index contributed by atoms with van der Waals surface area (Å²) in [5.41, 5.74) is 15.9. The highest BCUT2D eigenvalue weighted by molar-refractivity contribution is 6.98. The summed E-state index contributed by atoms with van der Waals surface area (Å²) in [5.74, 6) is 2.94. The van der Waals surface area contributed by atoms with Crippen molar-refractivity contribution in [1.29, 1.82) is 5.26 Å². The summed E-state index contributed by atoms with van der Waals surface area (Å²) in [6, 6.07) is 95.9. The summed E-state index contributed by atoms with van der Waals surface area (Å²) in [6.07, 6.45) is 0. The van der Waals surface area contributed by atoms with E-state index in [1.165, 1.54) is 5.56 Å². The molecule has 5 nitrogen and oxygen atoms in total. The molecule has 0 aliphatic carbocycles. The van der Waals surface area contributed by atoms with E-state index in [1.807, 2.05) is 36.4 Å². The molecule has 2 aliphatic rings. The molecule has 0 atom stereocenters. The number of hydrogen-bond acceptors (Lipinski definition) is 5. The molecule has 0 amide bonds. The first-order chi connectivity index (χ1) is 37.1. The lowest BCUT2D eigenvalue weighted by Crippen LogP contribution is -2.57. The molecule has 75 heavy (non-hydrogen) atoms. The summed E-state index contributed by atoms with van der Waals surface area (Å²) < 4.78 is 14.4. The number of nitrogens with zero attached hydrogens (tertiary/aromatic N) is 3. The van der Waals surface area contributed by atoms with Crippen LogP contribution in [-0.2, 0) is 0 Å². The lowest BCUT2D eigenvalue weighted by molar-refractivity contribution is 0.465. The van der Waals surface area contributed by atoms with E-state index in [0.29, 0.717) is 17.1 Å². The number of fused-ring (bicyclic) bond motifs is 6. The van der Waals surface area contributed by atoms with Gasteiger partial charge in [-0.25, -0.2) is 0 Å². The lowest BCUT2D eigenvalue weighted by atomic mass is 9.35. The Bertz CT molecular complexity index is 3910. The Morgan fingerprint density at radius 1 is 0.307 bits per heavy atom. The summed E-state index contributed by atoms with van der Waals surface area (Å²) >= 11 is 0. The minimum absolute atomic E-state index is 0.203. The van der Waals surface area contributed by atoms with E-state index in [-0.39, 0.29) is 6.71 Å². The minimum atomic E-state index is -0.203. The van der Waals surface area contributed by atoms with Crippen LogP contribution in [0.15, 0.2) is 267 Å². The van der Waals surface area contributed by atoms with Crippen LogP contribution in [0.4, 0.5) is 34.1 Å². The van der Waals surface area contributed by atoms with Gasteiger partial charge in [0.1, 0.15) is 23.0 Å². The van der Waals surface area contributed by atoms with Crippen LogP contribution in [-0.4, -0.2) is 6.71 Å². The Morgan fingerprint density at radius 3 is 1.08 bits per heavy atom. The molecule has 0 saturated heterocycles.